The van der Waals surface area contributed by atoms with E-state index < -0.39 is 0 Å². The van der Waals surface area contributed by atoms with Crippen LogP contribution in [0.4, 0.5) is 5.13 Å². The molecular formula is C17H16N2O2S. The molecule has 0 saturated carbocycles. The number of benzene rings is 2. The Morgan fingerprint density at radius 2 is 1.50 bits per heavy atom. The van der Waals surface area contributed by atoms with Gasteiger partial charge in [0.1, 0.15) is 24.7 Å². The first kappa shape index (κ1) is 14.4. The molecule has 0 aliphatic heterocycles. The average molecular weight is 312 g/mol. The Morgan fingerprint density at radius 1 is 0.864 bits per heavy atom. The van der Waals surface area contributed by atoms with E-state index in [0.717, 1.165) is 22.8 Å². The number of nitrogens with two attached hydrogens (primary N) is 1. The molecule has 0 aliphatic rings. The predicted octanol–water partition coefficient (Wildman–Crippen LogP) is 3.85. The van der Waals surface area contributed by atoms with Gasteiger partial charge < -0.3 is 15.2 Å². The molecule has 0 fully saturated rings. The van der Waals surface area contributed by atoms with Gasteiger partial charge in [-0.3, -0.25) is 0 Å². The van der Waals surface area contributed by atoms with Crippen molar-refractivity contribution in [2.24, 2.45) is 0 Å². The van der Waals surface area contributed by atoms with Crippen LogP contribution >= 0.6 is 11.3 Å². The maximum absolute atomic E-state index is 5.66. The smallest absolute Gasteiger partial charge is 0.180 e. The molecule has 2 aromatic carbocycles. The van der Waals surface area contributed by atoms with Crippen molar-refractivity contribution in [3.8, 4) is 22.8 Å². The first-order valence-corrected chi connectivity index (χ1v) is 7.81. The Morgan fingerprint density at radius 3 is 2.09 bits per heavy atom. The van der Waals surface area contributed by atoms with Crippen LogP contribution in [0.25, 0.3) is 11.3 Å². The Balaban J connectivity index is 1.49. The average Bonchev–Trinajstić information content (AvgIpc) is 3.00. The van der Waals surface area contributed by atoms with Crippen LogP contribution in [-0.4, -0.2) is 18.2 Å². The highest BCUT2D eigenvalue weighted by atomic mass is 32.1. The summed E-state index contributed by atoms with van der Waals surface area (Å²) in [5.41, 5.74) is 7.56. The minimum absolute atomic E-state index is 0.498. The number of thiazole rings is 1. The van der Waals surface area contributed by atoms with Gasteiger partial charge in [-0.25, -0.2) is 4.98 Å². The van der Waals surface area contributed by atoms with Crippen molar-refractivity contribution in [1.29, 1.82) is 0 Å². The number of ether oxygens (including phenoxy) is 2. The highest BCUT2D eigenvalue weighted by Gasteiger charge is 2.03. The van der Waals surface area contributed by atoms with E-state index >= 15 is 0 Å². The quantitative estimate of drug-likeness (QED) is 0.702. The summed E-state index contributed by atoms with van der Waals surface area (Å²) in [7, 11) is 0. The van der Waals surface area contributed by atoms with E-state index in [1.807, 2.05) is 60.0 Å². The molecule has 1 heterocycles. The number of para-hydroxylation sites is 1. The maximum atomic E-state index is 5.66. The molecule has 1 aromatic heterocycles. The lowest BCUT2D eigenvalue weighted by molar-refractivity contribution is 0.217. The standard InChI is InChI=1S/C17H16N2O2S/c18-17-19-16(12-22-17)13-6-8-15(9-7-13)21-11-10-20-14-4-2-1-3-5-14/h1-9,12H,10-11H2,(H2,18,19). The molecule has 0 amide bonds. The lowest BCUT2D eigenvalue weighted by Crippen LogP contribution is -2.08. The fourth-order valence-electron chi connectivity index (χ4n) is 1.98. The number of aromatic nitrogens is 1. The lowest BCUT2D eigenvalue weighted by atomic mass is 10.2. The molecule has 0 spiro atoms. The van der Waals surface area contributed by atoms with Crippen LogP contribution < -0.4 is 15.2 Å². The van der Waals surface area contributed by atoms with Gasteiger partial charge in [-0.1, -0.05) is 18.2 Å². The molecule has 3 rings (SSSR count). The van der Waals surface area contributed by atoms with Crippen LogP contribution in [-0.2, 0) is 0 Å². The van der Waals surface area contributed by atoms with Crippen LogP contribution in [0.1, 0.15) is 0 Å². The normalized spacial score (nSPS) is 10.4. The number of anilines is 1. The van der Waals surface area contributed by atoms with E-state index in [1.54, 1.807) is 0 Å². The Bertz CT molecular complexity index is 711. The molecule has 0 atom stereocenters. The molecule has 0 radical (unpaired) electrons. The summed E-state index contributed by atoms with van der Waals surface area (Å²) >= 11 is 1.44. The van der Waals surface area contributed by atoms with E-state index in [9.17, 15) is 0 Å². The van der Waals surface area contributed by atoms with Gasteiger partial charge in [0.05, 0.1) is 5.69 Å². The summed E-state index contributed by atoms with van der Waals surface area (Å²) in [6, 6.07) is 17.5. The third-order valence-corrected chi connectivity index (χ3v) is 3.71. The van der Waals surface area contributed by atoms with Gasteiger partial charge in [0.2, 0.25) is 0 Å². The molecule has 112 valence electrons. The monoisotopic (exact) mass is 312 g/mol. The maximum Gasteiger partial charge on any atom is 0.180 e. The van der Waals surface area contributed by atoms with Crippen LogP contribution in [0.5, 0.6) is 11.5 Å². The second kappa shape index (κ2) is 6.95. The van der Waals surface area contributed by atoms with Crippen molar-refractivity contribution in [3.05, 3.63) is 60.0 Å². The Kier molecular flexibility index (Phi) is 4.56. The third kappa shape index (κ3) is 3.77. The van der Waals surface area contributed by atoms with E-state index in [0.29, 0.717) is 18.3 Å². The summed E-state index contributed by atoms with van der Waals surface area (Å²) in [5, 5.41) is 2.52. The second-order valence-corrected chi connectivity index (χ2v) is 5.50. The third-order valence-electron chi connectivity index (χ3n) is 3.04. The molecule has 0 unspecified atom stereocenters. The van der Waals surface area contributed by atoms with Crippen molar-refractivity contribution in [2.45, 2.75) is 0 Å². The van der Waals surface area contributed by atoms with E-state index in [4.69, 9.17) is 15.2 Å². The Labute approximate surface area is 133 Å². The van der Waals surface area contributed by atoms with Gasteiger partial charge in [-0.2, -0.15) is 0 Å². The molecular weight excluding hydrogens is 296 g/mol. The van der Waals surface area contributed by atoms with E-state index in [1.165, 1.54) is 11.3 Å². The number of rotatable bonds is 6. The molecule has 3 aromatic rings. The lowest BCUT2D eigenvalue weighted by Gasteiger charge is -2.08. The minimum atomic E-state index is 0.498. The predicted molar refractivity (Wildman–Crippen MR) is 89.4 cm³/mol. The molecule has 22 heavy (non-hydrogen) atoms. The van der Waals surface area contributed by atoms with E-state index in [-0.39, 0.29) is 0 Å². The zero-order valence-electron chi connectivity index (χ0n) is 11.9. The highest BCUT2D eigenvalue weighted by molar-refractivity contribution is 7.13. The number of hydrogen-bond donors (Lipinski definition) is 1. The largest absolute Gasteiger partial charge is 0.490 e. The fourth-order valence-corrected chi connectivity index (χ4v) is 2.55. The van der Waals surface area contributed by atoms with Gasteiger partial charge in [0.15, 0.2) is 5.13 Å². The van der Waals surface area contributed by atoms with Crippen molar-refractivity contribution >= 4 is 16.5 Å². The van der Waals surface area contributed by atoms with Gasteiger partial charge in [-0.05, 0) is 36.4 Å². The fraction of sp³-hybridized carbons (Fsp3) is 0.118. The molecule has 2 N–H and O–H groups in total. The topological polar surface area (TPSA) is 57.4 Å². The minimum Gasteiger partial charge on any atom is -0.490 e. The summed E-state index contributed by atoms with van der Waals surface area (Å²) in [6.45, 7) is 1.01. The molecule has 4 nitrogen and oxygen atoms in total. The molecule has 0 aliphatic carbocycles. The summed E-state index contributed by atoms with van der Waals surface area (Å²) in [5.74, 6) is 1.66. The highest BCUT2D eigenvalue weighted by Crippen LogP contribution is 2.24. The number of nitrogens with zero attached hydrogens (tertiary/aromatic N) is 1. The first-order chi connectivity index (χ1) is 10.8. The van der Waals surface area contributed by atoms with Crippen molar-refractivity contribution in [2.75, 3.05) is 18.9 Å². The molecule has 0 bridgehead atoms. The molecule has 0 saturated heterocycles. The first-order valence-electron chi connectivity index (χ1n) is 6.93. The number of nitrogen functional groups attached to an aromatic ring is 1. The van der Waals surface area contributed by atoms with Gasteiger partial charge in [0, 0.05) is 10.9 Å². The Hall–Kier alpha value is -2.53. The summed E-state index contributed by atoms with van der Waals surface area (Å²) in [6.07, 6.45) is 0. The van der Waals surface area contributed by atoms with Crippen LogP contribution in [0, 0.1) is 0 Å². The van der Waals surface area contributed by atoms with Crippen molar-refractivity contribution in [3.63, 3.8) is 0 Å². The van der Waals surface area contributed by atoms with Gasteiger partial charge >= 0.3 is 0 Å². The van der Waals surface area contributed by atoms with Crippen LogP contribution in [0.15, 0.2) is 60.0 Å². The zero-order valence-corrected chi connectivity index (χ0v) is 12.8. The molecule has 5 heteroatoms. The van der Waals surface area contributed by atoms with Crippen LogP contribution in [0.2, 0.25) is 0 Å². The van der Waals surface area contributed by atoms with Gasteiger partial charge in [-0.15, -0.1) is 11.3 Å². The summed E-state index contributed by atoms with van der Waals surface area (Å²) < 4.78 is 11.2. The SMILES string of the molecule is Nc1nc(-c2ccc(OCCOc3ccccc3)cc2)cs1. The zero-order chi connectivity index (χ0) is 15.2. The second-order valence-electron chi connectivity index (χ2n) is 4.61. The summed E-state index contributed by atoms with van der Waals surface area (Å²) in [4.78, 5) is 4.26. The van der Waals surface area contributed by atoms with E-state index in [2.05, 4.69) is 4.98 Å². The van der Waals surface area contributed by atoms with Crippen molar-refractivity contribution in [1.82, 2.24) is 4.98 Å². The van der Waals surface area contributed by atoms with Gasteiger partial charge in [0.25, 0.3) is 0 Å². The van der Waals surface area contributed by atoms with Crippen LogP contribution in [0.3, 0.4) is 0 Å². The number of hydrogen-bond acceptors (Lipinski definition) is 5. The van der Waals surface area contributed by atoms with Crippen molar-refractivity contribution < 1.29 is 9.47 Å².